The number of hydrogen-bond acceptors (Lipinski definition) is 8. The van der Waals surface area contributed by atoms with Gasteiger partial charge in [-0.1, -0.05) is 77.1 Å². The normalized spacial score (nSPS) is 11.6. The number of thioether (sulfide) groups is 1. The Morgan fingerprint density at radius 1 is 1.00 bits per heavy atom. The summed E-state index contributed by atoms with van der Waals surface area (Å²) >= 11 is 1.17. The number of hydrogen-bond donors (Lipinski definition) is 0. The Hall–Kier alpha value is -3.59. The third-order valence-corrected chi connectivity index (χ3v) is 4.70. The standard InChI is InChI=1S/C20H16N6O2S/c1-26-12-17(28-25-26)21-16(27)13-29-20-22-18(14-8-4-2-5-9-14)19(23-24-20)15-10-6-3-7-11-15/h2-12H,13H2,1H3. The molecule has 0 aliphatic heterocycles. The average molecular weight is 404 g/mol. The van der Waals surface area contributed by atoms with Gasteiger partial charge in [0.05, 0.1) is 0 Å². The Morgan fingerprint density at radius 3 is 2.28 bits per heavy atom. The second-order valence-electron chi connectivity index (χ2n) is 6.03. The van der Waals surface area contributed by atoms with Crippen LogP contribution in [-0.4, -0.2) is 32.1 Å². The molecular weight excluding hydrogens is 388 g/mol. The van der Waals surface area contributed by atoms with Crippen molar-refractivity contribution in [2.75, 3.05) is 5.75 Å². The Morgan fingerprint density at radius 2 is 1.66 bits per heavy atom. The molecule has 0 bridgehead atoms. The Kier molecular flexibility index (Phi) is 5.57. The molecule has 4 aromatic rings. The summed E-state index contributed by atoms with van der Waals surface area (Å²) in [5, 5.41) is 24.7. The lowest BCUT2D eigenvalue weighted by Crippen LogP contribution is -2.27. The zero-order valence-electron chi connectivity index (χ0n) is 15.5. The van der Waals surface area contributed by atoms with Crippen molar-refractivity contribution in [3.63, 3.8) is 0 Å². The number of nitrogens with zero attached hydrogens (tertiary/aromatic N) is 6. The fourth-order valence-corrected chi connectivity index (χ4v) is 3.18. The van der Waals surface area contributed by atoms with Gasteiger partial charge in [0.25, 0.3) is 6.20 Å². The predicted molar refractivity (Wildman–Crippen MR) is 106 cm³/mol. The monoisotopic (exact) mass is 404 g/mol. The molecule has 0 spiro atoms. The minimum Gasteiger partial charge on any atom is -0.861 e. The fraction of sp³-hybridized carbons (Fsp3) is 0.100. The molecule has 0 atom stereocenters. The van der Waals surface area contributed by atoms with Gasteiger partial charge >= 0.3 is 5.88 Å². The van der Waals surface area contributed by atoms with Crippen molar-refractivity contribution in [1.29, 1.82) is 0 Å². The van der Waals surface area contributed by atoms with Crippen molar-refractivity contribution in [2.45, 2.75) is 5.16 Å². The highest BCUT2D eigenvalue weighted by molar-refractivity contribution is 7.99. The summed E-state index contributed by atoms with van der Waals surface area (Å²) < 4.78 is 6.33. The van der Waals surface area contributed by atoms with E-state index >= 15 is 0 Å². The summed E-state index contributed by atoms with van der Waals surface area (Å²) in [5.74, 6) is -0.157. The first-order valence-electron chi connectivity index (χ1n) is 8.74. The smallest absolute Gasteiger partial charge is 0.320 e. The van der Waals surface area contributed by atoms with Gasteiger partial charge in [-0.05, 0) is 5.90 Å². The molecule has 4 rings (SSSR count). The number of rotatable bonds is 6. The molecule has 144 valence electrons. The lowest BCUT2D eigenvalue weighted by molar-refractivity contribution is -0.739. The Bertz CT molecular complexity index is 1130. The van der Waals surface area contributed by atoms with Gasteiger partial charge in [0.15, 0.2) is 12.3 Å². The second-order valence-corrected chi connectivity index (χ2v) is 6.97. The summed E-state index contributed by atoms with van der Waals surface area (Å²) in [4.78, 5) is 8.51. The topological polar surface area (TPSA) is 104 Å². The maximum atomic E-state index is 12.1. The molecule has 8 nitrogen and oxygen atoms in total. The molecule has 0 saturated heterocycles. The van der Waals surface area contributed by atoms with Crippen molar-refractivity contribution in [3.05, 3.63) is 66.9 Å². The molecule has 2 heterocycles. The molecule has 0 aliphatic carbocycles. The molecule has 2 aromatic heterocycles. The van der Waals surface area contributed by atoms with E-state index in [9.17, 15) is 5.11 Å². The molecule has 29 heavy (non-hydrogen) atoms. The van der Waals surface area contributed by atoms with E-state index < -0.39 is 0 Å². The zero-order chi connectivity index (χ0) is 20.1. The van der Waals surface area contributed by atoms with Gasteiger partial charge in [-0.15, -0.1) is 10.2 Å². The van der Waals surface area contributed by atoms with Crippen LogP contribution in [0.2, 0.25) is 0 Å². The van der Waals surface area contributed by atoms with Gasteiger partial charge in [-0.2, -0.15) is 0 Å². The molecule has 0 N–H and O–H groups in total. The average Bonchev–Trinajstić information content (AvgIpc) is 3.18. The van der Waals surface area contributed by atoms with Gasteiger partial charge in [-0.25, -0.2) is 9.98 Å². The van der Waals surface area contributed by atoms with E-state index in [1.165, 1.54) is 22.6 Å². The first-order valence-corrected chi connectivity index (χ1v) is 9.73. The highest BCUT2D eigenvalue weighted by Gasteiger charge is 2.13. The summed E-state index contributed by atoms with van der Waals surface area (Å²) in [6, 6.07) is 19.5. The SMILES string of the molecule is C[n+]1cc(/N=C(/[O-])CSc2nnc(-c3ccccc3)c(-c3ccccc3)n2)on1. The minimum absolute atomic E-state index is 0.0605. The van der Waals surface area contributed by atoms with Gasteiger partial charge in [-0.3, -0.25) is 4.52 Å². The van der Waals surface area contributed by atoms with Crippen LogP contribution in [0.4, 0.5) is 5.88 Å². The lowest BCUT2D eigenvalue weighted by atomic mass is 10.0. The maximum Gasteiger partial charge on any atom is 0.320 e. The number of aliphatic imine (C=N–C) groups is 1. The summed E-state index contributed by atoms with van der Waals surface area (Å²) in [6.45, 7) is 0. The van der Waals surface area contributed by atoms with Crippen molar-refractivity contribution in [3.8, 4) is 22.5 Å². The van der Waals surface area contributed by atoms with Crippen LogP contribution in [0, 0.1) is 0 Å². The van der Waals surface area contributed by atoms with E-state index in [1.54, 1.807) is 7.05 Å². The van der Waals surface area contributed by atoms with Crippen LogP contribution in [0.25, 0.3) is 22.5 Å². The highest BCUT2D eigenvalue weighted by Crippen LogP contribution is 2.29. The first kappa shape index (κ1) is 18.8. The first-order chi connectivity index (χ1) is 14.2. The Labute approximate surface area is 171 Å². The van der Waals surface area contributed by atoms with Gasteiger partial charge in [0.2, 0.25) is 5.16 Å². The van der Waals surface area contributed by atoms with Gasteiger partial charge in [0.1, 0.15) is 11.4 Å². The molecule has 9 heteroatoms. The molecule has 2 aromatic carbocycles. The minimum atomic E-state index is -0.372. The van der Waals surface area contributed by atoms with E-state index in [-0.39, 0.29) is 17.5 Å². The van der Waals surface area contributed by atoms with E-state index in [0.29, 0.717) is 16.5 Å². The quantitative estimate of drug-likeness (QED) is 0.210. The number of aryl methyl sites for hydroxylation is 1. The van der Waals surface area contributed by atoms with E-state index in [1.807, 2.05) is 60.7 Å². The van der Waals surface area contributed by atoms with E-state index in [0.717, 1.165) is 11.1 Å². The van der Waals surface area contributed by atoms with Crippen LogP contribution in [0.3, 0.4) is 0 Å². The third kappa shape index (κ3) is 4.64. The Balaban J connectivity index is 1.61. The molecular formula is C20H16N6O2S. The molecule has 0 unspecified atom stereocenters. The second kappa shape index (κ2) is 8.61. The van der Waals surface area contributed by atoms with Crippen LogP contribution < -0.4 is 9.79 Å². The lowest BCUT2D eigenvalue weighted by Gasteiger charge is -2.11. The zero-order valence-corrected chi connectivity index (χ0v) is 16.3. The van der Waals surface area contributed by atoms with Crippen molar-refractivity contribution >= 4 is 23.5 Å². The fourth-order valence-electron chi connectivity index (χ4n) is 2.60. The van der Waals surface area contributed by atoms with E-state index in [4.69, 9.17) is 4.52 Å². The molecule has 0 fully saturated rings. The van der Waals surface area contributed by atoms with Crippen molar-refractivity contribution < 1.29 is 14.3 Å². The van der Waals surface area contributed by atoms with Crippen LogP contribution in [0.15, 0.2) is 81.5 Å². The third-order valence-electron chi connectivity index (χ3n) is 3.88. The van der Waals surface area contributed by atoms with Crippen LogP contribution in [0.1, 0.15) is 0 Å². The molecule has 0 aliphatic rings. The van der Waals surface area contributed by atoms with Crippen LogP contribution in [-0.2, 0) is 7.05 Å². The van der Waals surface area contributed by atoms with Crippen LogP contribution >= 0.6 is 11.8 Å². The predicted octanol–water partition coefficient (Wildman–Crippen LogP) is 2.20. The summed E-state index contributed by atoms with van der Waals surface area (Å²) in [7, 11) is 1.68. The largest absolute Gasteiger partial charge is 0.861 e. The van der Waals surface area contributed by atoms with Crippen LogP contribution in [0.5, 0.6) is 0 Å². The highest BCUT2D eigenvalue weighted by atomic mass is 32.2. The number of aromatic nitrogens is 5. The molecule has 0 saturated carbocycles. The summed E-state index contributed by atoms with van der Waals surface area (Å²) in [5.41, 5.74) is 3.24. The van der Waals surface area contributed by atoms with Crippen molar-refractivity contribution in [1.82, 2.24) is 20.5 Å². The molecule has 0 amide bonds. The maximum absolute atomic E-state index is 12.1. The summed E-state index contributed by atoms with van der Waals surface area (Å²) in [6.07, 6.45) is 1.52. The van der Waals surface area contributed by atoms with Gasteiger partial charge in [0, 0.05) is 16.9 Å². The van der Waals surface area contributed by atoms with E-state index in [2.05, 4.69) is 25.4 Å². The van der Waals surface area contributed by atoms with Gasteiger partial charge < -0.3 is 5.11 Å². The van der Waals surface area contributed by atoms with Crippen molar-refractivity contribution in [2.24, 2.45) is 12.0 Å². The molecule has 0 radical (unpaired) electrons. The number of benzene rings is 2.